The zero-order valence-electron chi connectivity index (χ0n) is 15.2. The van der Waals surface area contributed by atoms with E-state index in [9.17, 15) is 9.59 Å². The number of likely N-dealkylation sites (N-methyl/N-ethyl adjacent to an activating group) is 1. The standard InChI is InChI=1S/C23H20N2O2/c1-16-19-11-5-6-13-21(19)23(27)25(16)15-22(26)24(2)14-18-10-7-9-17-8-3-4-12-20(17)18/h3-13H,1,14-15H2,2H3. The van der Waals surface area contributed by atoms with Crippen LogP contribution in [0, 0.1) is 0 Å². The van der Waals surface area contributed by atoms with Crippen LogP contribution in [-0.4, -0.2) is 35.2 Å². The number of rotatable bonds is 4. The lowest BCUT2D eigenvalue weighted by Gasteiger charge is -2.23. The molecule has 1 aliphatic heterocycles. The van der Waals surface area contributed by atoms with E-state index in [1.54, 1.807) is 18.0 Å². The molecule has 0 unspecified atom stereocenters. The molecule has 4 nitrogen and oxygen atoms in total. The van der Waals surface area contributed by atoms with Gasteiger partial charge in [-0.05, 0) is 22.4 Å². The van der Waals surface area contributed by atoms with Crippen LogP contribution < -0.4 is 0 Å². The van der Waals surface area contributed by atoms with E-state index in [1.165, 1.54) is 4.90 Å². The van der Waals surface area contributed by atoms with E-state index >= 15 is 0 Å². The first-order valence-electron chi connectivity index (χ1n) is 8.87. The third kappa shape index (κ3) is 2.99. The van der Waals surface area contributed by atoms with Crippen LogP contribution in [0.1, 0.15) is 21.5 Å². The minimum atomic E-state index is -0.164. The van der Waals surface area contributed by atoms with E-state index in [-0.39, 0.29) is 18.4 Å². The normalized spacial score (nSPS) is 13.1. The van der Waals surface area contributed by atoms with Crippen molar-refractivity contribution in [3.63, 3.8) is 0 Å². The molecule has 0 radical (unpaired) electrons. The van der Waals surface area contributed by atoms with E-state index in [0.717, 1.165) is 21.9 Å². The molecule has 4 rings (SSSR count). The van der Waals surface area contributed by atoms with Crippen molar-refractivity contribution in [2.24, 2.45) is 0 Å². The quantitative estimate of drug-likeness (QED) is 0.711. The number of hydrogen-bond acceptors (Lipinski definition) is 2. The number of benzene rings is 3. The van der Waals surface area contributed by atoms with Gasteiger partial charge < -0.3 is 4.90 Å². The van der Waals surface area contributed by atoms with Gasteiger partial charge in [-0.3, -0.25) is 14.5 Å². The molecule has 2 amide bonds. The maximum Gasteiger partial charge on any atom is 0.259 e. The second kappa shape index (κ2) is 6.72. The first-order valence-corrected chi connectivity index (χ1v) is 8.87. The number of nitrogens with zero attached hydrogens (tertiary/aromatic N) is 2. The summed E-state index contributed by atoms with van der Waals surface area (Å²) in [7, 11) is 1.76. The highest BCUT2D eigenvalue weighted by molar-refractivity contribution is 6.10. The summed E-state index contributed by atoms with van der Waals surface area (Å²) in [5, 5.41) is 2.28. The Morgan fingerprint density at radius 2 is 1.63 bits per heavy atom. The fourth-order valence-corrected chi connectivity index (χ4v) is 3.53. The van der Waals surface area contributed by atoms with E-state index in [1.807, 2.05) is 42.5 Å². The highest BCUT2D eigenvalue weighted by Gasteiger charge is 2.32. The average molecular weight is 356 g/mol. The van der Waals surface area contributed by atoms with Gasteiger partial charge in [0.2, 0.25) is 5.91 Å². The molecule has 1 heterocycles. The Morgan fingerprint density at radius 3 is 2.41 bits per heavy atom. The van der Waals surface area contributed by atoms with Crippen LogP contribution in [-0.2, 0) is 11.3 Å². The smallest absolute Gasteiger partial charge is 0.259 e. The van der Waals surface area contributed by atoms with Crippen molar-refractivity contribution in [2.75, 3.05) is 13.6 Å². The Morgan fingerprint density at radius 1 is 0.963 bits per heavy atom. The maximum atomic E-state index is 12.8. The molecule has 3 aromatic rings. The molecule has 3 aromatic carbocycles. The lowest BCUT2D eigenvalue weighted by molar-refractivity contribution is -0.130. The Hall–Kier alpha value is -3.40. The molecule has 0 saturated heterocycles. The molecule has 1 aliphatic rings. The number of carbonyl (C=O) groups excluding carboxylic acids is 2. The van der Waals surface area contributed by atoms with Crippen LogP contribution in [0.15, 0.2) is 73.3 Å². The molecule has 0 N–H and O–H groups in total. The number of fused-ring (bicyclic) bond motifs is 2. The fraction of sp³-hybridized carbons (Fsp3) is 0.130. The molecule has 0 atom stereocenters. The van der Waals surface area contributed by atoms with E-state index in [2.05, 4.69) is 24.8 Å². The van der Waals surface area contributed by atoms with Crippen molar-refractivity contribution >= 4 is 28.3 Å². The zero-order valence-corrected chi connectivity index (χ0v) is 15.2. The predicted molar refractivity (Wildman–Crippen MR) is 107 cm³/mol. The Balaban J connectivity index is 1.50. The molecular weight excluding hydrogens is 336 g/mol. The molecule has 0 aromatic heterocycles. The van der Waals surface area contributed by atoms with Crippen molar-refractivity contribution < 1.29 is 9.59 Å². The second-order valence-electron chi connectivity index (χ2n) is 6.77. The monoisotopic (exact) mass is 356 g/mol. The van der Waals surface area contributed by atoms with Crippen molar-refractivity contribution in [1.29, 1.82) is 0 Å². The van der Waals surface area contributed by atoms with E-state index < -0.39 is 0 Å². The summed E-state index contributed by atoms with van der Waals surface area (Å²) in [6.07, 6.45) is 0. The highest BCUT2D eigenvalue weighted by atomic mass is 16.2. The molecule has 0 spiro atoms. The molecule has 0 bridgehead atoms. The van der Waals surface area contributed by atoms with Gasteiger partial charge in [0, 0.05) is 30.4 Å². The first kappa shape index (κ1) is 17.0. The van der Waals surface area contributed by atoms with Crippen LogP contribution in [0.5, 0.6) is 0 Å². The minimum Gasteiger partial charge on any atom is -0.340 e. The first-order chi connectivity index (χ1) is 13.1. The molecule has 4 heteroatoms. The lowest BCUT2D eigenvalue weighted by atomic mass is 10.0. The second-order valence-corrected chi connectivity index (χ2v) is 6.77. The van der Waals surface area contributed by atoms with E-state index in [4.69, 9.17) is 0 Å². The Bertz CT molecular complexity index is 1030. The maximum absolute atomic E-state index is 12.8. The summed E-state index contributed by atoms with van der Waals surface area (Å²) in [5.41, 5.74) is 3.07. The fourth-order valence-electron chi connectivity index (χ4n) is 3.53. The Labute approximate surface area is 158 Å². The van der Waals surface area contributed by atoms with Gasteiger partial charge in [0.15, 0.2) is 0 Å². The van der Waals surface area contributed by atoms with Gasteiger partial charge in [0.05, 0.1) is 0 Å². The summed E-state index contributed by atoms with van der Waals surface area (Å²) >= 11 is 0. The van der Waals surface area contributed by atoms with Crippen LogP contribution in [0.4, 0.5) is 0 Å². The van der Waals surface area contributed by atoms with Crippen molar-refractivity contribution in [1.82, 2.24) is 9.80 Å². The molecular formula is C23H20N2O2. The van der Waals surface area contributed by atoms with Gasteiger partial charge in [0.25, 0.3) is 5.91 Å². The van der Waals surface area contributed by atoms with Gasteiger partial charge in [-0.2, -0.15) is 0 Å². The van der Waals surface area contributed by atoms with Crippen LogP contribution in [0.2, 0.25) is 0 Å². The van der Waals surface area contributed by atoms with Crippen LogP contribution >= 0.6 is 0 Å². The third-order valence-corrected chi connectivity index (χ3v) is 5.05. The highest BCUT2D eigenvalue weighted by Crippen LogP contribution is 2.31. The minimum absolute atomic E-state index is 0.00634. The summed E-state index contributed by atoms with van der Waals surface area (Å²) in [4.78, 5) is 28.5. The van der Waals surface area contributed by atoms with Crippen LogP contribution in [0.25, 0.3) is 16.5 Å². The SMILES string of the molecule is C=C1c2ccccc2C(=O)N1CC(=O)N(C)Cc1cccc2ccccc12. The van der Waals surface area contributed by atoms with Crippen LogP contribution in [0.3, 0.4) is 0 Å². The molecule has 134 valence electrons. The van der Waals surface area contributed by atoms with Gasteiger partial charge in [-0.1, -0.05) is 67.2 Å². The summed E-state index contributed by atoms with van der Waals surface area (Å²) in [6, 6.07) is 21.5. The Kier molecular flexibility index (Phi) is 4.24. The number of hydrogen-bond donors (Lipinski definition) is 0. The molecule has 0 aliphatic carbocycles. The van der Waals surface area contributed by atoms with Gasteiger partial charge in [-0.15, -0.1) is 0 Å². The molecule has 0 saturated carbocycles. The largest absolute Gasteiger partial charge is 0.340 e. The summed E-state index contributed by atoms with van der Waals surface area (Å²) < 4.78 is 0. The topological polar surface area (TPSA) is 40.6 Å². The number of carbonyl (C=O) groups is 2. The summed E-state index contributed by atoms with van der Waals surface area (Å²) in [6.45, 7) is 4.48. The summed E-state index contributed by atoms with van der Waals surface area (Å²) in [5.74, 6) is -0.284. The average Bonchev–Trinajstić information content (AvgIpc) is 2.93. The molecule has 0 fully saturated rings. The van der Waals surface area contributed by atoms with Gasteiger partial charge >= 0.3 is 0 Å². The lowest BCUT2D eigenvalue weighted by Crippen LogP contribution is -2.37. The van der Waals surface area contributed by atoms with Crippen molar-refractivity contribution in [3.05, 3.63) is 90.0 Å². The molecule has 27 heavy (non-hydrogen) atoms. The van der Waals surface area contributed by atoms with Crippen molar-refractivity contribution in [3.8, 4) is 0 Å². The predicted octanol–water partition coefficient (Wildman–Crippen LogP) is 3.92. The van der Waals surface area contributed by atoms with Crippen molar-refractivity contribution in [2.45, 2.75) is 6.54 Å². The number of amides is 2. The van der Waals surface area contributed by atoms with Gasteiger partial charge in [0.1, 0.15) is 6.54 Å². The zero-order chi connectivity index (χ0) is 19.0. The van der Waals surface area contributed by atoms with E-state index in [0.29, 0.717) is 17.8 Å². The third-order valence-electron chi connectivity index (χ3n) is 5.05. The van der Waals surface area contributed by atoms with Gasteiger partial charge in [-0.25, -0.2) is 0 Å².